The topological polar surface area (TPSA) is 84.2 Å². The van der Waals surface area contributed by atoms with Crippen molar-refractivity contribution in [1.29, 1.82) is 0 Å². The molecule has 110 valence electrons. The molecule has 20 heavy (non-hydrogen) atoms. The molecule has 1 aromatic rings. The van der Waals surface area contributed by atoms with Gasteiger partial charge < -0.3 is 16.4 Å². The average Bonchev–Trinajstić information content (AvgIpc) is 2.50. The van der Waals surface area contributed by atoms with Crippen LogP contribution in [0.5, 0.6) is 0 Å². The van der Waals surface area contributed by atoms with E-state index in [-0.39, 0.29) is 17.7 Å². The summed E-state index contributed by atoms with van der Waals surface area (Å²) in [6.45, 7) is 4.37. The molecule has 4 N–H and O–H groups in total. The number of hydrogen-bond acceptors (Lipinski definition) is 3. The van der Waals surface area contributed by atoms with Gasteiger partial charge in [0.1, 0.15) is 6.04 Å². The maximum Gasteiger partial charge on any atom is 0.251 e. The van der Waals surface area contributed by atoms with Gasteiger partial charge in [-0.15, -0.1) is 0 Å². The number of nitrogens with two attached hydrogens (primary N) is 1. The molecule has 0 aromatic heterocycles. The zero-order valence-corrected chi connectivity index (χ0v) is 12.3. The first-order valence-electron chi connectivity index (χ1n) is 6.84. The highest BCUT2D eigenvalue weighted by molar-refractivity contribution is 5.97. The van der Waals surface area contributed by atoms with E-state index >= 15 is 0 Å². The lowest BCUT2D eigenvalue weighted by Crippen LogP contribution is -2.49. The van der Waals surface area contributed by atoms with Gasteiger partial charge in [0, 0.05) is 19.2 Å². The van der Waals surface area contributed by atoms with Gasteiger partial charge in [-0.1, -0.05) is 32.4 Å². The predicted octanol–water partition coefficient (Wildman–Crippen LogP) is 1.04. The van der Waals surface area contributed by atoms with Gasteiger partial charge in [0.25, 0.3) is 5.91 Å². The fourth-order valence-corrected chi connectivity index (χ4v) is 1.87. The number of hydrogen-bond donors (Lipinski definition) is 3. The lowest BCUT2D eigenvalue weighted by atomic mass is 9.98. The van der Waals surface area contributed by atoms with Gasteiger partial charge in [-0.3, -0.25) is 9.59 Å². The number of amides is 2. The van der Waals surface area contributed by atoms with E-state index in [4.69, 9.17) is 5.73 Å². The van der Waals surface area contributed by atoms with E-state index in [0.717, 1.165) is 12.0 Å². The summed E-state index contributed by atoms with van der Waals surface area (Å²) in [5, 5.41) is 5.38. The number of likely N-dealkylation sites (N-methyl/N-ethyl adjacent to an activating group) is 1. The number of rotatable bonds is 6. The van der Waals surface area contributed by atoms with Gasteiger partial charge in [0.2, 0.25) is 5.91 Å². The van der Waals surface area contributed by atoms with Crippen molar-refractivity contribution in [1.82, 2.24) is 10.6 Å². The second-order valence-electron chi connectivity index (χ2n) is 4.85. The summed E-state index contributed by atoms with van der Waals surface area (Å²) in [6.07, 6.45) is 0.810. The molecule has 0 aliphatic rings. The van der Waals surface area contributed by atoms with Gasteiger partial charge in [-0.05, 0) is 23.6 Å². The third-order valence-electron chi connectivity index (χ3n) is 3.48. The Balaban J connectivity index is 2.81. The molecule has 2 unspecified atom stereocenters. The smallest absolute Gasteiger partial charge is 0.251 e. The van der Waals surface area contributed by atoms with Crippen molar-refractivity contribution in [2.75, 3.05) is 7.05 Å². The van der Waals surface area contributed by atoms with Gasteiger partial charge >= 0.3 is 0 Å². The molecule has 0 aliphatic heterocycles. The molecular formula is C15H23N3O2. The maximum atomic E-state index is 12.2. The first-order valence-corrected chi connectivity index (χ1v) is 6.84. The summed E-state index contributed by atoms with van der Waals surface area (Å²) in [5.74, 6) is -0.351. The second-order valence-corrected chi connectivity index (χ2v) is 4.85. The van der Waals surface area contributed by atoms with Crippen molar-refractivity contribution in [3.05, 3.63) is 35.4 Å². The SMILES string of the molecule is CCC(C)C(NC(=O)c1ccc(CN)cc1)C(=O)NC. The Bertz CT molecular complexity index is 457. The Morgan fingerprint density at radius 1 is 1.25 bits per heavy atom. The highest BCUT2D eigenvalue weighted by Crippen LogP contribution is 2.10. The summed E-state index contributed by atoms with van der Waals surface area (Å²) in [6, 6.07) is 6.54. The van der Waals surface area contributed by atoms with Gasteiger partial charge in [0.15, 0.2) is 0 Å². The van der Waals surface area contributed by atoms with E-state index in [9.17, 15) is 9.59 Å². The van der Waals surface area contributed by atoms with Gasteiger partial charge in [0.05, 0.1) is 0 Å². The molecular weight excluding hydrogens is 254 g/mol. The van der Waals surface area contributed by atoms with Crippen molar-refractivity contribution in [3.8, 4) is 0 Å². The fraction of sp³-hybridized carbons (Fsp3) is 0.467. The Morgan fingerprint density at radius 3 is 2.30 bits per heavy atom. The zero-order valence-electron chi connectivity index (χ0n) is 12.3. The van der Waals surface area contributed by atoms with E-state index in [2.05, 4.69) is 10.6 Å². The molecule has 0 saturated carbocycles. The first kappa shape index (κ1) is 16.2. The van der Waals surface area contributed by atoms with E-state index in [1.54, 1.807) is 19.2 Å². The van der Waals surface area contributed by atoms with Crippen LogP contribution in [0.25, 0.3) is 0 Å². The molecule has 1 rings (SSSR count). The summed E-state index contributed by atoms with van der Waals surface area (Å²) in [5.41, 5.74) is 7.01. The molecule has 0 saturated heterocycles. The van der Waals surface area contributed by atoms with E-state index in [0.29, 0.717) is 12.1 Å². The molecule has 2 amide bonds. The van der Waals surface area contributed by atoms with Crippen LogP contribution in [0.1, 0.15) is 36.2 Å². The predicted molar refractivity (Wildman–Crippen MR) is 79.1 cm³/mol. The molecule has 2 atom stereocenters. The molecule has 0 fully saturated rings. The first-order chi connectivity index (χ1) is 9.53. The number of nitrogens with one attached hydrogen (secondary N) is 2. The van der Waals surface area contributed by atoms with E-state index in [1.165, 1.54) is 0 Å². The third-order valence-corrected chi connectivity index (χ3v) is 3.48. The molecule has 0 aliphatic carbocycles. The van der Waals surface area contributed by atoms with Crippen LogP contribution in [-0.2, 0) is 11.3 Å². The van der Waals surface area contributed by atoms with Crippen molar-refractivity contribution in [2.45, 2.75) is 32.9 Å². The van der Waals surface area contributed by atoms with Gasteiger partial charge in [-0.25, -0.2) is 0 Å². The zero-order chi connectivity index (χ0) is 15.1. The minimum Gasteiger partial charge on any atom is -0.357 e. The lowest BCUT2D eigenvalue weighted by molar-refractivity contribution is -0.123. The Kier molecular flexibility index (Phi) is 6.18. The van der Waals surface area contributed by atoms with Crippen molar-refractivity contribution in [3.63, 3.8) is 0 Å². The van der Waals surface area contributed by atoms with Crippen LogP contribution < -0.4 is 16.4 Å². The molecule has 0 bridgehead atoms. The van der Waals surface area contributed by atoms with Crippen LogP contribution in [0.4, 0.5) is 0 Å². The number of benzene rings is 1. The van der Waals surface area contributed by atoms with Crippen molar-refractivity contribution < 1.29 is 9.59 Å². The molecule has 5 nitrogen and oxygen atoms in total. The maximum absolute atomic E-state index is 12.2. The minimum absolute atomic E-state index is 0.0715. The standard InChI is InChI=1S/C15H23N3O2/c1-4-10(2)13(15(20)17-3)18-14(19)12-7-5-11(9-16)6-8-12/h5-8,10,13H,4,9,16H2,1-3H3,(H,17,20)(H,18,19). The molecule has 0 heterocycles. The summed E-state index contributed by atoms with van der Waals surface area (Å²) < 4.78 is 0. The summed E-state index contributed by atoms with van der Waals surface area (Å²) >= 11 is 0. The lowest BCUT2D eigenvalue weighted by Gasteiger charge is -2.22. The van der Waals surface area contributed by atoms with Crippen molar-refractivity contribution >= 4 is 11.8 Å². The number of carbonyl (C=O) groups excluding carboxylic acids is 2. The monoisotopic (exact) mass is 277 g/mol. The largest absolute Gasteiger partial charge is 0.357 e. The second kappa shape index (κ2) is 7.65. The summed E-state index contributed by atoms with van der Waals surface area (Å²) in [4.78, 5) is 24.0. The van der Waals surface area contributed by atoms with Gasteiger partial charge in [-0.2, -0.15) is 0 Å². The third kappa shape index (κ3) is 4.06. The molecule has 5 heteroatoms. The minimum atomic E-state index is -0.522. The Hall–Kier alpha value is -1.88. The van der Waals surface area contributed by atoms with E-state index < -0.39 is 6.04 Å². The summed E-state index contributed by atoms with van der Waals surface area (Å²) in [7, 11) is 1.57. The average molecular weight is 277 g/mol. The Labute approximate surface area is 119 Å². The van der Waals surface area contributed by atoms with Crippen LogP contribution in [-0.4, -0.2) is 24.9 Å². The van der Waals surface area contributed by atoms with Crippen LogP contribution in [0, 0.1) is 5.92 Å². The number of carbonyl (C=O) groups is 2. The van der Waals surface area contributed by atoms with E-state index in [1.807, 2.05) is 26.0 Å². The molecule has 0 radical (unpaired) electrons. The normalized spacial score (nSPS) is 13.4. The highest BCUT2D eigenvalue weighted by atomic mass is 16.2. The molecule has 1 aromatic carbocycles. The molecule has 0 spiro atoms. The van der Waals surface area contributed by atoms with Crippen LogP contribution >= 0.6 is 0 Å². The highest BCUT2D eigenvalue weighted by Gasteiger charge is 2.25. The van der Waals surface area contributed by atoms with Crippen LogP contribution in [0.15, 0.2) is 24.3 Å². The Morgan fingerprint density at radius 2 is 1.85 bits per heavy atom. The fourth-order valence-electron chi connectivity index (χ4n) is 1.87. The van der Waals surface area contributed by atoms with Crippen LogP contribution in [0.2, 0.25) is 0 Å². The van der Waals surface area contributed by atoms with Crippen molar-refractivity contribution in [2.24, 2.45) is 11.7 Å². The van der Waals surface area contributed by atoms with Crippen LogP contribution in [0.3, 0.4) is 0 Å². The quantitative estimate of drug-likeness (QED) is 0.726.